The summed E-state index contributed by atoms with van der Waals surface area (Å²) in [6, 6.07) is 0. The Hall–Kier alpha value is -2.09. The lowest BCUT2D eigenvalue weighted by molar-refractivity contribution is 0.0634. The number of carbonyl (C=O) groups excluding carboxylic acids is 1. The minimum atomic E-state index is -0.592. The molecule has 0 aromatic carbocycles. The van der Waals surface area contributed by atoms with Crippen LogP contribution in [0, 0.1) is 0 Å². The number of nitrogens with zero attached hydrogens (tertiary/aromatic N) is 4. The molecule has 0 aliphatic heterocycles. The summed E-state index contributed by atoms with van der Waals surface area (Å²) < 4.78 is 6.71. The van der Waals surface area contributed by atoms with Crippen molar-refractivity contribution in [2.45, 2.75) is 38.5 Å². The van der Waals surface area contributed by atoms with E-state index in [4.69, 9.17) is 4.74 Å². The van der Waals surface area contributed by atoms with Crippen molar-refractivity contribution in [3.8, 4) is 0 Å². The highest BCUT2D eigenvalue weighted by molar-refractivity contribution is 7.98. The molecule has 2 aromatic rings. The standard InChI is InChI=1S/C14H19N5O2S/c1-8(2)9-7-15-19-10(9)16-12(22-6)17-11(19)18-13(20)21-14(3,4)5/h7H,1H2,2-6H3,(H,16,17,18,20). The van der Waals surface area contributed by atoms with Crippen molar-refractivity contribution in [3.05, 3.63) is 18.3 Å². The third-order valence-electron chi connectivity index (χ3n) is 2.60. The fraction of sp³-hybridized carbons (Fsp3) is 0.429. The average molecular weight is 321 g/mol. The zero-order valence-electron chi connectivity index (χ0n) is 13.3. The van der Waals surface area contributed by atoms with Gasteiger partial charge in [0.15, 0.2) is 10.8 Å². The van der Waals surface area contributed by atoms with E-state index in [0.29, 0.717) is 10.8 Å². The molecular weight excluding hydrogens is 302 g/mol. The molecule has 2 heterocycles. The topological polar surface area (TPSA) is 81.4 Å². The fourth-order valence-electron chi connectivity index (χ4n) is 1.73. The molecule has 0 fully saturated rings. The van der Waals surface area contributed by atoms with Crippen LogP contribution in [0.25, 0.3) is 11.2 Å². The smallest absolute Gasteiger partial charge is 0.414 e. The van der Waals surface area contributed by atoms with Crippen LogP contribution in [0.4, 0.5) is 10.7 Å². The van der Waals surface area contributed by atoms with Gasteiger partial charge in [-0.05, 0) is 39.5 Å². The lowest BCUT2D eigenvalue weighted by Gasteiger charge is -2.19. The maximum Gasteiger partial charge on any atom is 0.414 e. The van der Waals surface area contributed by atoms with Crippen molar-refractivity contribution in [1.82, 2.24) is 19.6 Å². The van der Waals surface area contributed by atoms with E-state index in [-0.39, 0.29) is 5.95 Å². The second kappa shape index (κ2) is 5.96. The van der Waals surface area contributed by atoms with Crippen LogP contribution in [0.1, 0.15) is 33.3 Å². The summed E-state index contributed by atoms with van der Waals surface area (Å²) >= 11 is 1.38. The zero-order valence-corrected chi connectivity index (χ0v) is 14.1. The Morgan fingerprint density at radius 3 is 2.64 bits per heavy atom. The molecule has 0 saturated heterocycles. The van der Waals surface area contributed by atoms with Gasteiger partial charge in [-0.25, -0.2) is 9.78 Å². The van der Waals surface area contributed by atoms with Gasteiger partial charge < -0.3 is 4.74 Å². The van der Waals surface area contributed by atoms with Gasteiger partial charge in [-0.1, -0.05) is 18.3 Å². The molecule has 0 atom stereocenters. The minimum Gasteiger partial charge on any atom is -0.444 e. The maximum atomic E-state index is 12.0. The molecule has 2 rings (SSSR count). The van der Waals surface area contributed by atoms with Gasteiger partial charge in [0.25, 0.3) is 0 Å². The maximum absolute atomic E-state index is 12.0. The van der Waals surface area contributed by atoms with E-state index in [9.17, 15) is 4.79 Å². The third-order valence-corrected chi connectivity index (χ3v) is 3.15. The highest BCUT2D eigenvalue weighted by Gasteiger charge is 2.19. The van der Waals surface area contributed by atoms with Crippen LogP contribution in [-0.4, -0.2) is 37.5 Å². The van der Waals surface area contributed by atoms with Gasteiger partial charge in [0.2, 0.25) is 5.95 Å². The molecule has 0 spiro atoms. The largest absolute Gasteiger partial charge is 0.444 e. The van der Waals surface area contributed by atoms with Crippen LogP contribution in [0.5, 0.6) is 0 Å². The van der Waals surface area contributed by atoms with Gasteiger partial charge in [0.1, 0.15) is 5.60 Å². The Bertz CT molecular complexity index is 733. The van der Waals surface area contributed by atoms with Crippen molar-refractivity contribution in [3.63, 3.8) is 0 Å². The van der Waals surface area contributed by atoms with Crippen molar-refractivity contribution < 1.29 is 9.53 Å². The van der Waals surface area contributed by atoms with Crippen LogP contribution in [-0.2, 0) is 4.74 Å². The summed E-state index contributed by atoms with van der Waals surface area (Å²) in [5.74, 6) is 0.260. The number of carbonyl (C=O) groups is 1. The van der Waals surface area contributed by atoms with E-state index in [1.165, 1.54) is 16.3 Å². The molecular formula is C14H19N5O2S. The lowest BCUT2D eigenvalue weighted by atomic mass is 10.2. The highest BCUT2D eigenvalue weighted by Crippen LogP contribution is 2.22. The second-order valence-corrected chi connectivity index (χ2v) is 6.51. The molecule has 0 aliphatic rings. The molecule has 8 heteroatoms. The number of rotatable bonds is 3. The first-order valence-electron chi connectivity index (χ1n) is 6.67. The van der Waals surface area contributed by atoms with Gasteiger partial charge in [-0.15, -0.1) is 0 Å². The van der Waals surface area contributed by atoms with E-state index in [2.05, 4.69) is 27.0 Å². The first-order chi connectivity index (χ1) is 10.2. The van der Waals surface area contributed by atoms with Crippen LogP contribution >= 0.6 is 11.8 Å². The van der Waals surface area contributed by atoms with Crippen LogP contribution in [0.3, 0.4) is 0 Å². The number of hydrogen-bond acceptors (Lipinski definition) is 6. The Labute approximate surface area is 133 Å². The number of amides is 1. The number of allylic oxidation sites excluding steroid dienone is 1. The first kappa shape index (κ1) is 16.3. The number of anilines is 1. The summed E-state index contributed by atoms with van der Waals surface area (Å²) in [5.41, 5.74) is 1.65. The van der Waals surface area contributed by atoms with E-state index in [0.717, 1.165) is 11.1 Å². The Morgan fingerprint density at radius 1 is 1.41 bits per heavy atom. The molecule has 118 valence electrons. The Balaban J connectivity index is 2.44. The van der Waals surface area contributed by atoms with Gasteiger partial charge in [0.05, 0.1) is 6.20 Å². The van der Waals surface area contributed by atoms with Crippen LogP contribution < -0.4 is 5.32 Å². The molecule has 7 nitrogen and oxygen atoms in total. The first-order valence-corrected chi connectivity index (χ1v) is 7.89. The van der Waals surface area contributed by atoms with Gasteiger partial charge in [0, 0.05) is 5.56 Å². The van der Waals surface area contributed by atoms with Crippen molar-refractivity contribution >= 4 is 35.0 Å². The quantitative estimate of drug-likeness (QED) is 0.874. The Morgan fingerprint density at radius 2 is 2.09 bits per heavy atom. The van der Waals surface area contributed by atoms with E-state index in [1.54, 1.807) is 27.0 Å². The molecule has 2 aromatic heterocycles. The van der Waals surface area contributed by atoms with Gasteiger partial charge in [-0.3, -0.25) is 5.32 Å². The van der Waals surface area contributed by atoms with Gasteiger partial charge >= 0.3 is 6.09 Å². The summed E-state index contributed by atoms with van der Waals surface area (Å²) in [6.07, 6.45) is 2.92. The molecule has 1 N–H and O–H groups in total. The number of nitrogens with one attached hydrogen (secondary N) is 1. The van der Waals surface area contributed by atoms with Crippen LogP contribution in [0.2, 0.25) is 0 Å². The number of thioether (sulfide) groups is 1. The van der Waals surface area contributed by atoms with Gasteiger partial charge in [-0.2, -0.15) is 14.6 Å². The summed E-state index contributed by atoms with van der Waals surface area (Å²) in [6.45, 7) is 11.2. The van der Waals surface area contributed by atoms with Crippen molar-refractivity contribution in [1.29, 1.82) is 0 Å². The number of ether oxygens (including phenoxy) is 1. The highest BCUT2D eigenvalue weighted by atomic mass is 32.2. The third kappa shape index (κ3) is 3.56. The molecule has 0 radical (unpaired) electrons. The lowest BCUT2D eigenvalue weighted by Crippen LogP contribution is -2.28. The fourth-order valence-corrected chi connectivity index (χ4v) is 2.08. The zero-order chi connectivity index (χ0) is 16.5. The van der Waals surface area contributed by atoms with E-state index >= 15 is 0 Å². The average Bonchev–Trinajstić information content (AvgIpc) is 2.80. The number of fused-ring (bicyclic) bond motifs is 1. The summed E-state index contributed by atoms with van der Waals surface area (Å²) in [4.78, 5) is 20.6. The molecule has 22 heavy (non-hydrogen) atoms. The molecule has 0 bridgehead atoms. The molecule has 0 unspecified atom stereocenters. The van der Waals surface area contributed by atoms with Crippen LogP contribution in [0.15, 0.2) is 17.9 Å². The van der Waals surface area contributed by atoms with E-state index < -0.39 is 11.7 Å². The predicted octanol–water partition coefficient (Wildman–Crippen LogP) is 3.23. The van der Waals surface area contributed by atoms with Crippen molar-refractivity contribution in [2.24, 2.45) is 0 Å². The molecule has 0 aliphatic carbocycles. The molecule has 0 saturated carbocycles. The summed E-state index contributed by atoms with van der Waals surface area (Å²) in [5, 5.41) is 7.36. The predicted molar refractivity (Wildman–Crippen MR) is 87.1 cm³/mol. The van der Waals surface area contributed by atoms with Crippen molar-refractivity contribution in [2.75, 3.05) is 11.6 Å². The Kier molecular flexibility index (Phi) is 4.41. The second-order valence-electron chi connectivity index (χ2n) is 5.73. The number of aromatic nitrogens is 4. The van der Waals surface area contributed by atoms with E-state index in [1.807, 2.05) is 13.2 Å². The monoisotopic (exact) mass is 321 g/mol. The number of hydrogen-bond donors (Lipinski definition) is 1. The minimum absolute atomic E-state index is 0.260. The normalized spacial score (nSPS) is 11.5. The molecule has 1 amide bonds. The SMILES string of the molecule is C=C(C)c1cnn2c(NC(=O)OC(C)(C)C)nc(SC)nc12. The summed E-state index contributed by atoms with van der Waals surface area (Å²) in [7, 11) is 0.